The number of carbonyl (C=O) groups excluding carboxylic acids is 2. The Morgan fingerprint density at radius 1 is 1.60 bits per heavy atom. The summed E-state index contributed by atoms with van der Waals surface area (Å²) < 4.78 is 0. The summed E-state index contributed by atoms with van der Waals surface area (Å²) in [5.74, 6) is 0.778. The summed E-state index contributed by atoms with van der Waals surface area (Å²) in [4.78, 5) is 32.0. The predicted octanol–water partition coefficient (Wildman–Crippen LogP) is 1.06. The number of amides is 2. The summed E-state index contributed by atoms with van der Waals surface area (Å²) in [7, 11) is 0.0484. The number of likely N-dealkylation sites (tertiary alicyclic amines) is 1. The monoisotopic (exact) mass is 276 g/mol. The largest absolute Gasteiger partial charge is 0.396 e. The van der Waals surface area contributed by atoms with Crippen LogP contribution in [0.5, 0.6) is 0 Å². The molecule has 108 valence electrons. The molecule has 1 aromatic rings. The van der Waals surface area contributed by atoms with E-state index in [1.54, 1.807) is 4.90 Å². The summed E-state index contributed by atoms with van der Waals surface area (Å²) in [5, 5.41) is 2.42. The second-order valence-corrected chi connectivity index (χ2v) is 6.16. The quantitative estimate of drug-likeness (QED) is 0.637. The fourth-order valence-electron chi connectivity index (χ4n) is 2.47. The van der Waals surface area contributed by atoms with Crippen LogP contribution >= 0.6 is 0 Å². The number of rotatable bonds is 4. The maximum Gasteiger partial charge on any atom is 0.343 e. The molecule has 20 heavy (non-hydrogen) atoms. The van der Waals surface area contributed by atoms with Crippen molar-refractivity contribution in [3.8, 4) is 0 Å². The van der Waals surface area contributed by atoms with Gasteiger partial charge in [0.1, 0.15) is 5.82 Å². The lowest BCUT2D eigenvalue weighted by molar-refractivity contribution is -0.108. The zero-order valence-corrected chi connectivity index (χ0v) is 12.3. The minimum absolute atomic E-state index is 0.00736. The zero-order valence-electron chi connectivity index (χ0n) is 12.3. The van der Waals surface area contributed by atoms with Crippen molar-refractivity contribution in [2.24, 2.45) is 0 Å². The molecule has 7 heteroatoms. The van der Waals surface area contributed by atoms with Crippen LogP contribution in [0.1, 0.15) is 51.2 Å². The van der Waals surface area contributed by atoms with Crippen LogP contribution in [0.4, 0.5) is 4.79 Å². The van der Waals surface area contributed by atoms with Gasteiger partial charge >= 0.3 is 7.41 Å². The lowest BCUT2D eigenvalue weighted by Crippen LogP contribution is -2.39. The van der Waals surface area contributed by atoms with E-state index in [0.29, 0.717) is 6.41 Å². The van der Waals surface area contributed by atoms with Crippen molar-refractivity contribution in [3.05, 3.63) is 17.7 Å². The molecule has 2 N–H and O–H groups in total. The van der Waals surface area contributed by atoms with Gasteiger partial charge in [0.25, 0.3) is 0 Å². The Balaban J connectivity index is 2.12. The molecule has 1 aliphatic heterocycles. The Labute approximate surface area is 119 Å². The van der Waals surface area contributed by atoms with Crippen molar-refractivity contribution in [2.45, 2.75) is 45.1 Å². The topological polar surface area (TPSA) is 78.1 Å². The van der Waals surface area contributed by atoms with Crippen LogP contribution in [0.2, 0.25) is 0 Å². The standard InChI is InChI=1S/C13H21BN4O2/c1-13(2,3)10-7-15-11(17-10)9-5-4-6-18(9)12(20)14-16-8-19/h7-9,14H,4-6H2,1-3H3,(H,15,17)(H,16,19). The van der Waals surface area contributed by atoms with Gasteiger partial charge in [-0.15, -0.1) is 0 Å². The summed E-state index contributed by atoms with van der Waals surface area (Å²) >= 11 is 0. The van der Waals surface area contributed by atoms with Gasteiger partial charge < -0.3 is 15.1 Å². The SMILES string of the molecule is CC(C)(C)c1c[nH]c(C2CCCN2C(=O)BNC=O)n1. The second kappa shape index (κ2) is 5.69. The maximum absolute atomic E-state index is 12.1. The van der Waals surface area contributed by atoms with Gasteiger partial charge in [-0.1, -0.05) is 20.8 Å². The average molecular weight is 276 g/mol. The van der Waals surface area contributed by atoms with Crippen LogP contribution in [0.3, 0.4) is 0 Å². The van der Waals surface area contributed by atoms with Gasteiger partial charge in [-0.05, 0) is 12.8 Å². The normalized spacial score (nSPS) is 18.9. The van der Waals surface area contributed by atoms with Crippen molar-refractivity contribution < 1.29 is 9.59 Å². The second-order valence-electron chi connectivity index (χ2n) is 6.16. The molecule has 1 saturated heterocycles. The summed E-state index contributed by atoms with van der Waals surface area (Å²) in [6.45, 7) is 7.05. The lowest BCUT2D eigenvalue weighted by atomic mass is 9.92. The smallest absolute Gasteiger partial charge is 0.343 e. The highest BCUT2D eigenvalue weighted by Crippen LogP contribution is 2.31. The van der Waals surface area contributed by atoms with Crippen molar-refractivity contribution in [1.29, 1.82) is 0 Å². The molecule has 0 spiro atoms. The Bertz CT molecular complexity index is 495. The van der Waals surface area contributed by atoms with Gasteiger partial charge in [-0.3, -0.25) is 9.59 Å². The molecule has 1 fully saturated rings. The number of nitrogens with one attached hydrogen (secondary N) is 2. The van der Waals surface area contributed by atoms with Crippen molar-refractivity contribution in [1.82, 2.24) is 20.1 Å². The minimum Gasteiger partial charge on any atom is -0.396 e. The van der Waals surface area contributed by atoms with E-state index in [2.05, 4.69) is 36.0 Å². The fraction of sp³-hybridized carbons (Fsp3) is 0.615. The van der Waals surface area contributed by atoms with Crippen LogP contribution < -0.4 is 5.23 Å². The van der Waals surface area contributed by atoms with Gasteiger partial charge in [0, 0.05) is 18.2 Å². The average Bonchev–Trinajstić information content (AvgIpc) is 3.02. The molecular weight excluding hydrogens is 255 g/mol. The molecule has 2 heterocycles. The first-order chi connectivity index (χ1) is 9.43. The summed E-state index contributed by atoms with van der Waals surface area (Å²) in [6, 6.07) is -0.00736. The molecule has 0 bridgehead atoms. The number of carbonyl (C=O) groups is 2. The van der Waals surface area contributed by atoms with Crippen molar-refractivity contribution in [3.63, 3.8) is 0 Å². The van der Waals surface area contributed by atoms with Crippen LogP contribution in [0.15, 0.2) is 6.20 Å². The molecule has 2 amide bonds. The van der Waals surface area contributed by atoms with Crippen LogP contribution in [-0.4, -0.2) is 41.0 Å². The zero-order chi connectivity index (χ0) is 14.8. The molecule has 1 aliphatic rings. The van der Waals surface area contributed by atoms with Gasteiger partial charge in [0.15, 0.2) is 12.2 Å². The highest BCUT2D eigenvalue weighted by Gasteiger charge is 2.32. The number of hydrogen-bond donors (Lipinski definition) is 2. The fourth-order valence-corrected chi connectivity index (χ4v) is 2.47. The third-order valence-electron chi connectivity index (χ3n) is 3.59. The van der Waals surface area contributed by atoms with Gasteiger partial charge in [-0.2, -0.15) is 0 Å². The van der Waals surface area contributed by atoms with Crippen LogP contribution in [-0.2, 0) is 10.2 Å². The van der Waals surface area contributed by atoms with E-state index >= 15 is 0 Å². The molecule has 1 aromatic heterocycles. The third-order valence-corrected chi connectivity index (χ3v) is 3.59. The van der Waals surface area contributed by atoms with E-state index in [1.165, 1.54) is 0 Å². The maximum atomic E-state index is 12.1. The molecule has 1 unspecified atom stereocenters. The molecule has 0 radical (unpaired) electrons. The Hall–Kier alpha value is -1.79. The lowest BCUT2D eigenvalue weighted by Gasteiger charge is -2.23. The predicted molar refractivity (Wildman–Crippen MR) is 77.7 cm³/mol. The third kappa shape index (κ3) is 3.03. The Kier molecular flexibility index (Phi) is 4.16. The molecule has 0 saturated carbocycles. The molecule has 2 rings (SSSR count). The Morgan fingerprint density at radius 2 is 2.35 bits per heavy atom. The first-order valence-electron chi connectivity index (χ1n) is 6.96. The number of imidazole rings is 1. The molecule has 0 aliphatic carbocycles. The first-order valence-corrected chi connectivity index (χ1v) is 6.96. The van der Waals surface area contributed by atoms with E-state index in [1.807, 2.05) is 6.20 Å². The number of aromatic nitrogens is 2. The van der Waals surface area contributed by atoms with E-state index in [4.69, 9.17) is 0 Å². The van der Waals surface area contributed by atoms with Gasteiger partial charge in [-0.25, -0.2) is 4.98 Å². The summed E-state index contributed by atoms with van der Waals surface area (Å²) in [6.07, 6.45) is 4.33. The van der Waals surface area contributed by atoms with E-state index in [0.717, 1.165) is 30.9 Å². The number of nitrogens with zero attached hydrogens (tertiary/aromatic N) is 2. The summed E-state index contributed by atoms with van der Waals surface area (Å²) in [5.41, 5.74) is 0.985. The highest BCUT2D eigenvalue weighted by molar-refractivity contribution is 6.72. The number of hydrogen-bond acceptors (Lipinski definition) is 3. The molecule has 6 nitrogen and oxygen atoms in total. The first kappa shape index (κ1) is 14.6. The van der Waals surface area contributed by atoms with E-state index in [9.17, 15) is 9.59 Å². The van der Waals surface area contributed by atoms with Gasteiger partial charge in [0.05, 0.1) is 11.7 Å². The van der Waals surface area contributed by atoms with Crippen LogP contribution in [0.25, 0.3) is 0 Å². The molecule has 1 atom stereocenters. The van der Waals surface area contributed by atoms with Crippen molar-refractivity contribution in [2.75, 3.05) is 6.54 Å². The van der Waals surface area contributed by atoms with E-state index < -0.39 is 0 Å². The Morgan fingerprint density at radius 3 is 2.95 bits per heavy atom. The van der Waals surface area contributed by atoms with Crippen molar-refractivity contribution >= 4 is 19.6 Å². The number of aromatic amines is 1. The molecule has 0 aromatic carbocycles. The number of H-pyrrole nitrogens is 1. The molecular formula is C13H21BN4O2. The minimum atomic E-state index is -0.0618. The highest BCUT2D eigenvalue weighted by atomic mass is 16.2. The van der Waals surface area contributed by atoms with Gasteiger partial charge in [0.2, 0.25) is 0 Å². The van der Waals surface area contributed by atoms with Crippen LogP contribution in [0, 0.1) is 0 Å². The van der Waals surface area contributed by atoms with E-state index in [-0.39, 0.29) is 24.7 Å².